The Kier molecular flexibility index (Phi) is 4.38. The summed E-state index contributed by atoms with van der Waals surface area (Å²) in [7, 11) is 0. The summed E-state index contributed by atoms with van der Waals surface area (Å²) in [4.78, 5) is 0. The molecule has 0 aliphatic carbocycles. The number of nitrogens with zero attached hydrogens (tertiary/aromatic N) is 2. The van der Waals surface area contributed by atoms with Crippen LogP contribution in [-0.4, -0.2) is 16.7 Å². The van der Waals surface area contributed by atoms with Crippen LogP contribution in [0.5, 0.6) is 5.75 Å². The third kappa shape index (κ3) is 3.34. The summed E-state index contributed by atoms with van der Waals surface area (Å²) in [5.74, 6) is 0.669. The summed E-state index contributed by atoms with van der Waals surface area (Å²) in [6, 6.07) is 5.70. The van der Waals surface area contributed by atoms with Crippen LogP contribution >= 0.6 is 22.9 Å². The minimum atomic E-state index is 0.381. The molecule has 18 heavy (non-hydrogen) atoms. The van der Waals surface area contributed by atoms with Gasteiger partial charge in [-0.1, -0.05) is 29.0 Å². The predicted molar refractivity (Wildman–Crippen MR) is 74.6 cm³/mol. The second-order valence-electron chi connectivity index (χ2n) is 3.75. The van der Waals surface area contributed by atoms with Crippen LogP contribution < -0.4 is 10.1 Å². The number of ether oxygens (including phenoxy) is 1. The third-order valence-corrected chi connectivity index (χ3v) is 3.38. The minimum Gasteiger partial charge on any atom is -0.485 e. The van der Waals surface area contributed by atoms with Gasteiger partial charge in [0.1, 0.15) is 12.4 Å². The minimum absolute atomic E-state index is 0.381. The lowest BCUT2D eigenvalue weighted by Crippen LogP contribution is -1.95. The highest BCUT2D eigenvalue weighted by Gasteiger charge is 2.06. The number of hydrogen-bond donors (Lipinski definition) is 1. The Morgan fingerprint density at radius 3 is 2.94 bits per heavy atom. The lowest BCUT2D eigenvalue weighted by atomic mass is 10.2. The van der Waals surface area contributed by atoms with Gasteiger partial charge in [0, 0.05) is 6.54 Å². The van der Waals surface area contributed by atoms with Gasteiger partial charge in [-0.2, -0.15) is 0 Å². The molecule has 1 aromatic heterocycles. The van der Waals surface area contributed by atoms with Crippen LogP contribution in [0.2, 0.25) is 5.02 Å². The maximum atomic E-state index is 6.08. The van der Waals surface area contributed by atoms with Gasteiger partial charge >= 0.3 is 0 Å². The molecule has 0 spiro atoms. The number of rotatable bonds is 5. The molecule has 6 heteroatoms. The second kappa shape index (κ2) is 6.02. The quantitative estimate of drug-likeness (QED) is 0.912. The van der Waals surface area contributed by atoms with Gasteiger partial charge in [0.05, 0.1) is 5.02 Å². The van der Waals surface area contributed by atoms with Crippen molar-refractivity contribution in [3.8, 4) is 5.75 Å². The van der Waals surface area contributed by atoms with Crippen LogP contribution in [-0.2, 0) is 6.61 Å². The highest BCUT2D eigenvalue weighted by Crippen LogP contribution is 2.26. The average molecular weight is 284 g/mol. The van der Waals surface area contributed by atoms with Gasteiger partial charge in [0.2, 0.25) is 5.13 Å². The van der Waals surface area contributed by atoms with Gasteiger partial charge in [-0.15, -0.1) is 10.2 Å². The maximum Gasteiger partial charge on any atom is 0.205 e. The molecular weight excluding hydrogens is 270 g/mol. The van der Waals surface area contributed by atoms with Crippen molar-refractivity contribution >= 4 is 28.1 Å². The Morgan fingerprint density at radius 2 is 2.22 bits per heavy atom. The van der Waals surface area contributed by atoms with Crippen molar-refractivity contribution in [2.45, 2.75) is 20.5 Å². The Balaban J connectivity index is 1.97. The fourth-order valence-corrected chi connectivity index (χ4v) is 2.41. The summed E-state index contributed by atoms with van der Waals surface area (Å²) >= 11 is 7.57. The summed E-state index contributed by atoms with van der Waals surface area (Å²) in [6.07, 6.45) is 0. The van der Waals surface area contributed by atoms with E-state index in [1.54, 1.807) is 0 Å². The van der Waals surface area contributed by atoms with Crippen LogP contribution in [0.25, 0.3) is 0 Å². The molecule has 0 radical (unpaired) electrons. The topological polar surface area (TPSA) is 47.0 Å². The molecule has 0 aliphatic heterocycles. The fraction of sp³-hybridized carbons (Fsp3) is 0.333. The lowest BCUT2D eigenvalue weighted by Gasteiger charge is -2.06. The van der Waals surface area contributed by atoms with Crippen molar-refractivity contribution in [3.05, 3.63) is 33.8 Å². The molecule has 2 rings (SSSR count). The average Bonchev–Trinajstić information content (AvgIpc) is 2.76. The number of aromatic nitrogens is 2. The summed E-state index contributed by atoms with van der Waals surface area (Å²) < 4.78 is 5.62. The molecule has 1 aromatic carbocycles. The summed E-state index contributed by atoms with van der Waals surface area (Å²) in [5, 5.41) is 13.4. The monoisotopic (exact) mass is 283 g/mol. The Labute approximate surface area is 115 Å². The molecule has 0 bridgehead atoms. The first-order valence-corrected chi connectivity index (χ1v) is 6.83. The van der Waals surface area contributed by atoms with E-state index in [1.165, 1.54) is 11.3 Å². The van der Waals surface area contributed by atoms with E-state index in [9.17, 15) is 0 Å². The predicted octanol–water partition coefficient (Wildman–Crippen LogP) is 3.51. The number of nitrogens with one attached hydrogen (secondary N) is 1. The normalized spacial score (nSPS) is 10.4. The Morgan fingerprint density at radius 1 is 1.39 bits per heavy atom. The Bertz CT molecular complexity index is 530. The van der Waals surface area contributed by atoms with Gasteiger partial charge < -0.3 is 10.1 Å². The van der Waals surface area contributed by atoms with E-state index >= 15 is 0 Å². The van der Waals surface area contributed by atoms with E-state index in [2.05, 4.69) is 15.5 Å². The molecule has 0 amide bonds. The zero-order valence-electron chi connectivity index (χ0n) is 10.2. The van der Waals surface area contributed by atoms with Crippen molar-refractivity contribution in [3.63, 3.8) is 0 Å². The van der Waals surface area contributed by atoms with Crippen LogP contribution in [0.1, 0.15) is 17.5 Å². The number of aryl methyl sites for hydroxylation is 1. The van der Waals surface area contributed by atoms with E-state index in [-0.39, 0.29) is 0 Å². The van der Waals surface area contributed by atoms with Crippen molar-refractivity contribution in [2.24, 2.45) is 0 Å². The molecule has 1 heterocycles. The lowest BCUT2D eigenvalue weighted by molar-refractivity contribution is 0.304. The van der Waals surface area contributed by atoms with Gasteiger partial charge in [0.15, 0.2) is 5.01 Å². The second-order valence-corrected chi connectivity index (χ2v) is 5.22. The first kappa shape index (κ1) is 13.1. The highest BCUT2D eigenvalue weighted by molar-refractivity contribution is 7.15. The molecule has 0 saturated carbocycles. The van der Waals surface area contributed by atoms with E-state index < -0.39 is 0 Å². The van der Waals surface area contributed by atoms with Crippen molar-refractivity contribution < 1.29 is 4.74 Å². The van der Waals surface area contributed by atoms with E-state index in [1.807, 2.05) is 32.0 Å². The molecule has 0 unspecified atom stereocenters. The van der Waals surface area contributed by atoms with Gasteiger partial charge in [0.25, 0.3) is 0 Å². The highest BCUT2D eigenvalue weighted by atomic mass is 35.5. The van der Waals surface area contributed by atoms with Crippen molar-refractivity contribution in [1.82, 2.24) is 10.2 Å². The zero-order chi connectivity index (χ0) is 13.0. The van der Waals surface area contributed by atoms with Crippen LogP contribution in [0.15, 0.2) is 18.2 Å². The SMILES string of the molecule is CCNc1nnc(COc2ccc(C)cc2Cl)s1. The first-order valence-electron chi connectivity index (χ1n) is 5.64. The van der Waals surface area contributed by atoms with Crippen molar-refractivity contribution in [1.29, 1.82) is 0 Å². The third-order valence-electron chi connectivity index (χ3n) is 2.23. The van der Waals surface area contributed by atoms with Crippen LogP contribution in [0.4, 0.5) is 5.13 Å². The molecular formula is C12H14ClN3OS. The van der Waals surface area contributed by atoms with Crippen LogP contribution in [0, 0.1) is 6.92 Å². The molecule has 1 N–H and O–H groups in total. The number of benzene rings is 1. The molecule has 2 aromatic rings. The molecule has 0 saturated heterocycles. The number of anilines is 1. The first-order chi connectivity index (χ1) is 8.69. The molecule has 4 nitrogen and oxygen atoms in total. The summed E-state index contributed by atoms with van der Waals surface area (Å²) in [6.45, 7) is 5.22. The largest absolute Gasteiger partial charge is 0.485 e. The molecule has 96 valence electrons. The van der Waals surface area contributed by atoms with Crippen molar-refractivity contribution in [2.75, 3.05) is 11.9 Å². The number of hydrogen-bond acceptors (Lipinski definition) is 5. The van der Waals surface area contributed by atoms with E-state index in [4.69, 9.17) is 16.3 Å². The molecule has 0 aliphatic rings. The molecule has 0 fully saturated rings. The fourth-order valence-electron chi connectivity index (χ4n) is 1.40. The van der Waals surface area contributed by atoms with Gasteiger partial charge in [-0.25, -0.2) is 0 Å². The summed E-state index contributed by atoms with van der Waals surface area (Å²) in [5.41, 5.74) is 1.11. The number of halogens is 1. The van der Waals surface area contributed by atoms with E-state index in [0.717, 1.165) is 22.2 Å². The van der Waals surface area contributed by atoms with Gasteiger partial charge in [-0.05, 0) is 31.5 Å². The zero-order valence-corrected chi connectivity index (χ0v) is 11.8. The maximum absolute atomic E-state index is 6.08. The standard InChI is InChI=1S/C12H14ClN3OS/c1-3-14-12-16-15-11(18-12)7-17-10-5-4-8(2)6-9(10)13/h4-6H,3,7H2,1-2H3,(H,14,16). The van der Waals surface area contributed by atoms with E-state index in [0.29, 0.717) is 17.4 Å². The molecule has 0 atom stereocenters. The van der Waals surface area contributed by atoms with Gasteiger partial charge in [-0.3, -0.25) is 0 Å². The Hall–Kier alpha value is -1.33. The smallest absolute Gasteiger partial charge is 0.205 e. The van der Waals surface area contributed by atoms with Crippen LogP contribution in [0.3, 0.4) is 0 Å².